The Bertz CT molecular complexity index is 548. The van der Waals surface area contributed by atoms with Crippen molar-refractivity contribution in [1.82, 2.24) is 5.32 Å². The molecule has 21 heavy (non-hydrogen) atoms. The standard InChI is InChI=1S/C17H21NO3/c19-12-7-2-1-6-11-18-17(20)16-15(10-13-21-16)14-8-4-3-5-9-14/h3-5,8-10,13,19H,1-2,6-7,11-12H2,(H,18,20). The number of carbonyl (C=O) groups excluding carboxylic acids is 1. The van der Waals surface area contributed by atoms with Crippen LogP contribution in [0.25, 0.3) is 11.1 Å². The van der Waals surface area contributed by atoms with Gasteiger partial charge < -0.3 is 14.8 Å². The number of aliphatic hydroxyl groups excluding tert-OH is 1. The lowest BCUT2D eigenvalue weighted by molar-refractivity contribution is 0.0926. The van der Waals surface area contributed by atoms with Gasteiger partial charge in [0, 0.05) is 18.7 Å². The van der Waals surface area contributed by atoms with Gasteiger partial charge in [0.05, 0.1) is 6.26 Å². The van der Waals surface area contributed by atoms with Gasteiger partial charge in [-0.15, -0.1) is 0 Å². The van der Waals surface area contributed by atoms with Gasteiger partial charge in [0.15, 0.2) is 5.76 Å². The molecule has 1 aromatic carbocycles. The first kappa shape index (κ1) is 15.3. The molecule has 0 bridgehead atoms. The van der Waals surface area contributed by atoms with Crippen molar-refractivity contribution in [2.75, 3.05) is 13.2 Å². The number of hydrogen-bond acceptors (Lipinski definition) is 3. The van der Waals surface area contributed by atoms with Gasteiger partial charge in [-0.3, -0.25) is 4.79 Å². The molecule has 0 aliphatic rings. The van der Waals surface area contributed by atoms with E-state index in [1.54, 1.807) is 6.26 Å². The van der Waals surface area contributed by atoms with E-state index in [2.05, 4.69) is 5.32 Å². The van der Waals surface area contributed by atoms with Crippen molar-refractivity contribution in [2.45, 2.75) is 25.7 Å². The average molecular weight is 287 g/mol. The number of rotatable bonds is 8. The van der Waals surface area contributed by atoms with Gasteiger partial charge in [-0.1, -0.05) is 43.2 Å². The number of amides is 1. The van der Waals surface area contributed by atoms with Crippen LogP contribution in [0.2, 0.25) is 0 Å². The third-order valence-corrected chi connectivity index (χ3v) is 3.33. The topological polar surface area (TPSA) is 62.5 Å². The van der Waals surface area contributed by atoms with E-state index in [0.717, 1.165) is 36.8 Å². The zero-order chi connectivity index (χ0) is 14.9. The van der Waals surface area contributed by atoms with E-state index >= 15 is 0 Å². The van der Waals surface area contributed by atoms with Crippen LogP contribution in [0.1, 0.15) is 36.2 Å². The second-order valence-corrected chi connectivity index (χ2v) is 4.92. The Morgan fingerprint density at radius 3 is 2.57 bits per heavy atom. The maximum atomic E-state index is 12.1. The maximum Gasteiger partial charge on any atom is 0.287 e. The summed E-state index contributed by atoms with van der Waals surface area (Å²) >= 11 is 0. The summed E-state index contributed by atoms with van der Waals surface area (Å²) in [4.78, 5) is 12.1. The van der Waals surface area contributed by atoms with Gasteiger partial charge in [-0.05, 0) is 24.5 Å². The summed E-state index contributed by atoms with van der Waals surface area (Å²) < 4.78 is 5.33. The van der Waals surface area contributed by atoms with E-state index < -0.39 is 0 Å². The highest BCUT2D eigenvalue weighted by Crippen LogP contribution is 2.24. The molecule has 0 saturated carbocycles. The molecule has 0 unspecified atom stereocenters. The Morgan fingerprint density at radius 2 is 1.81 bits per heavy atom. The highest BCUT2D eigenvalue weighted by Gasteiger charge is 2.15. The van der Waals surface area contributed by atoms with Crippen LogP contribution < -0.4 is 5.32 Å². The molecule has 0 spiro atoms. The van der Waals surface area contributed by atoms with Crippen molar-refractivity contribution >= 4 is 5.91 Å². The van der Waals surface area contributed by atoms with E-state index in [-0.39, 0.29) is 12.5 Å². The molecule has 2 N–H and O–H groups in total. The van der Waals surface area contributed by atoms with Gasteiger partial charge >= 0.3 is 0 Å². The lowest BCUT2D eigenvalue weighted by Gasteiger charge is -2.05. The number of benzene rings is 1. The molecular formula is C17H21NO3. The highest BCUT2D eigenvalue weighted by atomic mass is 16.3. The van der Waals surface area contributed by atoms with Gasteiger partial charge in [0.2, 0.25) is 0 Å². The van der Waals surface area contributed by atoms with Crippen molar-refractivity contribution in [3.63, 3.8) is 0 Å². The lowest BCUT2D eigenvalue weighted by atomic mass is 10.1. The van der Waals surface area contributed by atoms with E-state index in [0.29, 0.717) is 12.3 Å². The lowest BCUT2D eigenvalue weighted by Crippen LogP contribution is -2.24. The van der Waals surface area contributed by atoms with Crippen LogP contribution >= 0.6 is 0 Å². The van der Waals surface area contributed by atoms with E-state index in [9.17, 15) is 4.79 Å². The highest BCUT2D eigenvalue weighted by molar-refractivity contribution is 5.98. The molecule has 0 radical (unpaired) electrons. The minimum atomic E-state index is -0.180. The zero-order valence-corrected chi connectivity index (χ0v) is 12.0. The Morgan fingerprint density at radius 1 is 1.05 bits per heavy atom. The largest absolute Gasteiger partial charge is 0.459 e. The molecule has 0 aliphatic heterocycles. The number of carbonyl (C=O) groups is 1. The van der Waals surface area contributed by atoms with Crippen molar-refractivity contribution in [2.24, 2.45) is 0 Å². The van der Waals surface area contributed by atoms with Crippen molar-refractivity contribution in [1.29, 1.82) is 0 Å². The number of nitrogens with one attached hydrogen (secondary N) is 1. The summed E-state index contributed by atoms with van der Waals surface area (Å²) in [6.07, 6.45) is 5.27. The fraction of sp³-hybridized carbons (Fsp3) is 0.353. The SMILES string of the molecule is O=C(NCCCCCCO)c1occc1-c1ccccc1. The molecule has 2 aromatic rings. The molecule has 2 rings (SSSR count). The average Bonchev–Trinajstić information content (AvgIpc) is 3.01. The minimum absolute atomic E-state index is 0.180. The van der Waals surface area contributed by atoms with Crippen LogP contribution in [0.5, 0.6) is 0 Å². The van der Waals surface area contributed by atoms with Crippen LogP contribution in [0.3, 0.4) is 0 Å². The second kappa shape index (κ2) is 8.27. The van der Waals surface area contributed by atoms with Gasteiger partial charge in [-0.2, -0.15) is 0 Å². The first-order chi connectivity index (χ1) is 10.3. The summed E-state index contributed by atoms with van der Waals surface area (Å²) in [7, 11) is 0. The number of aliphatic hydroxyl groups is 1. The van der Waals surface area contributed by atoms with Crippen molar-refractivity contribution in [3.05, 3.63) is 48.4 Å². The third-order valence-electron chi connectivity index (χ3n) is 3.33. The van der Waals surface area contributed by atoms with Crippen molar-refractivity contribution in [3.8, 4) is 11.1 Å². The Kier molecular flexibility index (Phi) is 6.03. The molecule has 0 aliphatic carbocycles. The van der Waals surface area contributed by atoms with Crippen LogP contribution in [-0.4, -0.2) is 24.2 Å². The van der Waals surface area contributed by atoms with Gasteiger partial charge in [0.25, 0.3) is 5.91 Å². The maximum absolute atomic E-state index is 12.1. The molecule has 0 fully saturated rings. The van der Waals surface area contributed by atoms with E-state index in [1.807, 2.05) is 36.4 Å². The molecule has 1 heterocycles. The number of unbranched alkanes of at least 4 members (excludes halogenated alkanes) is 3. The minimum Gasteiger partial charge on any atom is -0.459 e. The zero-order valence-electron chi connectivity index (χ0n) is 12.0. The molecular weight excluding hydrogens is 266 g/mol. The molecule has 0 saturated heterocycles. The third kappa shape index (κ3) is 4.46. The fourth-order valence-corrected chi connectivity index (χ4v) is 2.20. The Balaban J connectivity index is 1.88. The van der Waals surface area contributed by atoms with Crippen LogP contribution in [-0.2, 0) is 0 Å². The smallest absolute Gasteiger partial charge is 0.287 e. The molecule has 4 nitrogen and oxygen atoms in total. The summed E-state index contributed by atoms with van der Waals surface area (Å²) in [5, 5.41) is 11.6. The number of hydrogen-bond donors (Lipinski definition) is 2. The van der Waals surface area contributed by atoms with E-state index in [4.69, 9.17) is 9.52 Å². The molecule has 1 aromatic heterocycles. The normalized spacial score (nSPS) is 10.5. The second-order valence-electron chi connectivity index (χ2n) is 4.92. The number of furan rings is 1. The predicted molar refractivity (Wildman–Crippen MR) is 82.0 cm³/mol. The van der Waals surface area contributed by atoms with Crippen LogP contribution in [0.15, 0.2) is 47.1 Å². The fourth-order valence-electron chi connectivity index (χ4n) is 2.20. The Hall–Kier alpha value is -2.07. The summed E-state index contributed by atoms with van der Waals surface area (Å²) in [5.41, 5.74) is 1.78. The van der Waals surface area contributed by atoms with Crippen LogP contribution in [0, 0.1) is 0 Å². The molecule has 0 atom stereocenters. The first-order valence-electron chi connectivity index (χ1n) is 7.35. The summed E-state index contributed by atoms with van der Waals surface area (Å²) in [6, 6.07) is 11.5. The molecule has 4 heteroatoms. The van der Waals surface area contributed by atoms with Gasteiger partial charge in [-0.25, -0.2) is 0 Å². The van der Waals surface area contributed by atoms with Crippen LogP contribution in [0.4, 0.5) is 0 Å². The van der Waals surface area contributed by atoms with Gasteiger partial charge in [0.1, 0.15) is 0 Å². The Labute approximate surface area is 124 Å². The quantitative estimate of drug-likeness (QED) is 0.733. The molecule has 112 valence electrons. The summed E-state index contributed by atoms with van der Waals surface area (Å²) in [5.74, 6) is 0.178. The van der Waals surface area contributed by atoms with Crippen molar-refractivity contribution < 1.29 is 14.3 Å². The molecule has 1 amide bonds. The predicted octanol–water partition coefficient (Wildman–Crippen LogP) is 3.23. The van der Waals surface area contributed by atoms with E-state index in [1.165, 1.54) is 0 Å². The summed E-state index contributed by atoms with van der Waals surface area (Å²) in [6.45, 7) is 0.860. The monoisotopic (exact) mass is 287 g/mol. The first-order valence-corrected chi connectivity index (χ1v) is 7.35.